The Hall–Kier alpha value is -3.38. The lowest BCUT2D eigenvalue weighted by Crippen LogP contribution is -1.81. The minimum absolute atomic E-state index is 0.676. The Labute approximate surface area is 134 Å². The largest absolute Gasteiger partial charge is 0.306 e. The van der Waals surface area contributed by atoms with E-state index < -0.39 is 0 Å². The average Bonchev–Trinajstić information content (AvgIpc) is 3.06. The normalized spacial score (nSPS) is 10.6. The molecule has 3 heteroatoms. The van der Waals surface area contributed by atoms with Gasteiger partial charge in [0, 0.05) is 18.0 Å². The molecule has 4 aromatic rings. The van der Waals surface area contributed by atoms with Gasteiger partial charge in [-0.2, -0.15) is 5.26 Å². The van der Waals surface area contributed by atoms with Gasteiger partial charge in [0.15, 0.2) is 0 Å². The Morgan fingerprint density at radius 1 is 0.783 bits per heavy atom. The van der Waals surface area contributed by atoms with Crippen LogP contribution in [0.3, 0.4) is 0 Å². The van der Waals surface area contributed by atoms with Crippen LogP contribution in [-0.4, -0.2) is 9.38 Å². The second-order valence-electron chi connectivity index (χ2n) is 5.36. The highest BCUT2D eigenvalue weighted by Crippen LogP contribution is 2.25. The summed E-state index contributed by atoms with van der Waals surface area (Å²) in [6, 6.07) is 24.1. The molecule has 2 aromatic heterocycles. The summed E-state index contributed by atoms with van der Waals surface area (Å²) in [7, 11) is 0. The molecule has 0 aliphatic rings. The lowest BCUT2D eigenvalue weighted by molar-refractivity contribution is 1.19. The number of benzene rings is 2. The molecule has 0 aliphatic carbocycles. The van der Waals surface area contributed by atoms with Crippen molar-refractivity contribution in [3.05, 3.63) is 84.7 Å². The number of imidazole rings is 1. The summed E-state index contributed by atoms with van der Waals surface area (Å²) < 4.78 is 2.02. The Morgan fingerprint density at radius 3 is 2.09 bits per heavy atom. The number of nitriles is 1. The Bertz CT molecular complexity index is 970. The summed E-state index contributed by atoms with van der Waals surface area (Å²) >= 11 is 0. The Morgan fingerprint density at radius 2 is 1.43 bits per heavy atom. The van der Waals surface area contributed by atoms with Crippen molar-refractivity contribution in [2.75, 3.05) is 0 Å². The van der Waals surface area contributed by atoms with Gasteiger partial charge in [-0.25, -0.2) is 4.98 Å². The molecule has 0 saturated carbocycles. The van der Waals surface area contributed by atoms with E-state index in [1.807, 2.05) is 59.3 Å². The Balaban J connectivity index is 1.68. The van der Waals surface area contributed by atoms with Crippen LogP contribution in [0.1, 0.15) is 5.56 Å². The third-order valence-electron chi connectivity index (χ3n) is 3.89. The lowest BCUT2D eigenvalue weighted by Gasteiger charge is -2.03. The first kappa shape index (κ1) is 13.3. The second-order valence-corrected chi connectivity index (χ2v) is 5.36. The van der Waals surface area contributed by atoms with Crippen molar-refractivity contribution in [3.8, 4) is 28.5 Å². The Kier molecular flexibility index (Phi) is 3.14. The number of fused-ring (bicyclic) bond motifs is 1. The molecule has 0 atom stereocenters. The van der Waals surface area contributed by atoms with Crippen LogP contribution in [-0.2, 0) is 0 Å². The molecule has 4 rings (SSSR count). The third-order valence-corrected chi connectivity index (χ3v) is 3.89. The SMILES string of the molecule is N#Cc1ccc(-c2ccc(-c3cn4ccccc4n3)cc2)cc1. The standard InChI is InChI=1S/C20H13N3/c21-13-15-4-6-16(7-5-15)17-8-10-18(11-9-17)19-14-23-12-2-1-3-20(23)22-19/h1-12,14H. The highest BCUT2D eigenvalue weighted by Gasteiger charge is 2.04. The van der Waals surface area contributed by atoms with E-state index >= 15 is 0 Å². The first-order valence-corrected chi connectivity index (χ1v) is 7.38. The van der Waals surface area contributed by atoms with Crippen LogP contribution in [0.5, 0.6) is 0 Å². The van der Waals surface area contributed by atoms with Gasteiger partial charge in [0.1, 0.15) is 5.65 Å². The number of hydrogen-bond acceptors (Lipinski definition) is 2. The van der Waals surface area contributed by atoms with Crippen molar-refractivity contribution < 1.29 is 0 Å². The summed E-state index contributed by atoms with van der Waals surface area (Å²) in [6.45, 7) is 0. The average molecular weight is 295 g/mol. The first-order valence-electron chi connectivity index (χ1n) is 7.38. The van der Waals surface area contributed by atoms with E-state index in [1.165, 1.54) is 0 Å². The molecule has 0 unspecified atom stereocenters. The van der Waals surface area contributed by atoms with Crippen molar-refractivity contribution in [2.24, 2.45) is 0 Å². The number of nitrogens with zero attached hydrogens (tertiary/aromatic N) is 3. The summed E-state index contributed by atoms with van der Waals surface area (Å²) in [5.41, 5.74) is 5.90. The van der Waals surface area contributed by atoms with Crippen LogP contribution in [0.4, 0.5) is 0 Å². The quantitative estimate of drug-likeness (QED) is 0.544. The fourth-order valence-electron chi connectivity index (χ4n) is 2.64. The maximum atomic E-state index is 8.86. The molecular weight excluding hydrogens is 282 g/mol. The fraction of sp³-hybridized carbons (Fsp3) is 0. The smallest absolute Gasteiger partial charge is 0.137 e. The summed E-state index contributed by atoms with van der Waals surface area (Å²) in [5.74, 6) is 0. The second kappa shape index (κ2) is 5.43. The predicted molar refractivity (Wildman–Crippen MR) is 90.8 cm³/mol. The van der Waals surface area contributed by atoms with Gasteiger partial charge in [0.05, 0.1) is 17.3 Å². The molecular formula is C20H13N3. The van der Waals surface area contributed by atoms with E-state index in [0.29, 0.717) is 5.56 Å². The van der Waals surface area contributed by atoms with E-state index in [2.05, 4.69) is 35.3 Å². The third kappa shape index (κ3) is 2.47. The lowest BCUT2D eigenvalue weighted by atomic mass is 10.0. The molecule has 0 radical (unpaired) electrons. The molecule has 0 amide bonds. The van der Waals surface area contributed by atoms with Crippen LogP contribution in [0.2, 0.25) is 0 Å². The maximum Gasteiger partial charge on any atom is 0.137 e. The zero-order valence-corrected chi connectivity index (χ0v) is 12.3. The molecule has 2 heterocycles. The fourth-order valence-corrected chi connectivity index (χ4v) is 2.64. The van der Waals surface area contributed by atoms with Crippen LogP contribution in [0.25, 0.3) is 28.0 Å². The van der Waals surface area contributed by atoms with Crippen LogP contribution >= 0.6 is 0 Å². The monoisotopic (exact) mass is 295 g/mol. The molecule has 23 heavy (non-hydrogen) atoms. The van der Waals surface area contributed by atoms with Gasteiger partial charge in [-0.3, -0.25) is 0 Å². The van der Waals surface area contributed by atoms with Crippen molar-refractivity contribution in [2.45, 2.75) is 0 Å². The highest BCUT2D eigenvalue weighted by molar-refractivity contribution is 5.70. The first-order chi connectivity index (χ1) is 11.3. The highest BCUT2D eigenvalue weighted by atomic mass is 15.0. The number of pyridine rings is 1. The van der Waals surface area contributed by atoms with Gasteiger partial charge >= 0.3 is 0 Å². The van der Waals surface area contributed by atoms with E-state index in [4.69, 9.17) is 5.26 Å². The van der Waals surface area contributed by atoms with Gasteiger partial charge in [-0.05, 0) is 35.4 Å². The molecule has 0 saturated heterocycles. The van der Waals surface area contributed by atoms with Crippen LogP contribution in [0.15, 0.2) is 79.1 Å². The summed E-state index contributed by atoms with van der Waals surface area (Å²) in [5, 5.41) is 8.86. The van der Waals surface area contributed by atoms with Gasteiger partial charge in [-0.15, -0.1) is 0 Å². The molecule has 2 aromatic carbocycles. The molecule has 0 fully saturated rings. The van der Waals surface area contributed by atoms with Gasteiger partial charge in [0.2, 0.25) is 0 Å². The van der Waals surface area contributed by atoms with Gasteiger partial charge in [0.25, 0.3) is 0 Å². The van der Waals surface area contributed by atoms with Crippen molar-refractivity contribution in [3.63, 3.8) is 0 Å². The molecule has 0 aliphatic heterocycles. The molecule has 0 N–H and O–H groups in total. The maximum absolute atomic E-state index is 8.86. The van der Waals surface area contributed by atoms with Gasteiger partial charge < -0.3 is 4.40 Å². The van der Waals surface area contributed by atoms with E-state index in [0.717, 1.165) is 28.0 Å². The molecule has 108 valence electrons. The predicted octanol–water partition coefficient (Wildman–Crippen LogP) is 4.54. The van der Waals surface area contributed by atoms with Crippen LogP contribution in [0, 0.1) is 11.3 Å². The minimum Gasteiger partial charge on any atom is -0.306 e. The summed E-state index contributed by atoms with van der Waals surface area (Å²) in [6.07, 6.45) is 4.03. The topological polar surface area (TPSA) is 41.1 Å². The molecule has 3 nitrogen and oxygen atoms in total. The zero-order chi connectivity index (χ0) is 15.6. The minimum atomic E-state index is 0.676. The summed E-state index contributed by atoms with van der Waals surface area (Å²) in [4.78, 5) is 4.63. The van der Waals surface area contributed by atoms with E-state index in [1.54, 1.807) is 0 Å². The van der Waals surface area contributed by atoms with Crippen molar-refractivity contribution in [1.29, 1.82) is 5.26 Å². The number of aromatic nitrogens is 2. The van der Waals surface area contributed by atoms with E-state index in [-0.39, 0.29) is 0 Å². The molecule has 0 bridgehead atoms. The number of hydrogen-bond donors (Lipinski definition) is 0. The number of rotatable bonds is 2. The zero-order valence-electron chi connectivity index (χ0n) is 12.3. The van der Waals surface area contributed by atoms with Crippen molar-refractivity contribution >= 4 is 5.65 Å². The van der Waals surface area contributed by atoms with Crippen molar-refractivity contribution in [1.82, 2.24) is 9.38 Å². The van der Waals surface area contributed by atoms with Crippen LogP contribution < -0.4 is 0 Å². The molecule has 0 spiro atoms. The van der Waals surface area contributed by atoms with Gasteiger partial charge in [-0.1, -0.05) is 42.5 Å². The van der Waals surface area contributed by atoms with E-state index in [9.17, 15) is 0 Å².